The Morgan fingerprint density at radius 3 is 2.77 bits per heavy atom. The molecular weight excluding hydrogens is 321 g/mol. The molecule has 0 radical (unpaired) electrons. The first-order chi connectivity index (χ1) is 10.2. The van der Waals surface area contributed by atoms with Gasteiger partial charge >= 0.3 is 6.18 Å². The summed E-state index contributed by atoms with van der Waals surface area (Å²) < 4.78 is 38.3. The van der Waals surface area contributed by atoms with Gasteiger partial charge in [0.2, 0.25) is 0 Å². The first-order valence-corrected chi connectivity index (χ1v) is 7.17. The molecule has 1 aliphatic rings. The molecule has 0 aromatic heterocycles. The van der Waals surface area contributed by atoms with Gasteiger partial charge in [0.25, 0.3) is 5.91 Å². The number of alkyl halides is 3. The van der Waals surface area contributed by atoms with Crippen LogP contribution in [-0.4, -0.2) is 29.7 Å². The molecular formula is C14H16ClF3N2O2. The summed E-state index contributed by atoms with van der Waals surface area (Å²) in [4.78, 5) is 12.0. The summed E-state index contributed by atoms with van der Waals surface area (Å²) in [6.45, 7) is 0.746. The molecule has 0 bridgehead atoms. The van der Waals surface area contributed by atoms with Gasteiger partial charge in [0.05, 0.1) is 10.6 Å². The molecule has 2 rings (SSSR count). The Kier molecular flexibility index (Phi) is 4.99. The van der Waals surface area contributed by atoms with Gasteiger partial charge in [0, 0.05) is 13.1 Å². The van der Waals surface area contributed by atoms with E-state index in [1.165, 1.54) is 6.07 Å². The van der Waals surface area contributed by atoms with E-state index >= 15 is 0 Å². The number of rotatable bonds is 3. The van der Waals surface area contributed by atoms with Crippen LogP contribution in [0, 0.1) is 0 Å². The fourth-order valence-electron chi connectivity index (χ4n) is 2.33. The number of hydrogen-bond donors (Lipinski definition) is 3. The molecule has 1 heterocycles. The molecule has 4 nitrogen and oxygen atoms in total. The van der Waals surface area contributed by atoms with Crippen molar-refractivity contribution in [2.45, 2.75) is 31.2 Å². The quantitative estimate of drug-likeness (QED) is 0.792. The molecule has 1 atom stereocenters. The second-order valence-electron chi connectivity index (χ2n) is 5.31. The molecule has 122 valence electrons. The minimum atomic E-state index is -4.55. The molecule has 1 unspecified atom stereocenters. The molecule has 1 aliphatic heterocycles. The predicted molar refractivity (Wildman–Crippen MR) is 75.4 cm³/mol. The Bertz CT molecular complexity index is 558. The van der Waals surface area contributed by atoms with Gasteiger partial charge < -0.3 is 15.7 Å². The molecule has 1 aromatic carbocycles. The number of carbonyl (C=O) groups is 1. The van der Waals surface area contributed by atoms with E-state index in [-0.39, 0.29) is 18.7 Å². The number of piperidine rings is 1. The third kappa shape index (κ3) is 3.91. The Labute approximate surface area is 130 Å². The minimum Gasteiger partial charge on any atom is -0.379 e. The van der Waals surface area contributed by atoms with Crippen molar-refractivity contribution >= 4 is 17.5 Å². The van der Waals surface area contributed by atoms with Crippen molar-refractivity contribution < 1.29 is 23.1 Å². The molecule has 1 saturated heterocycles. The largest absolute Gasteiger partial charge is 0.417 e. The first-order valence-electron chi connectivity index (χ1n) is 6.79. The maximum atomic E-state index is 12.8. The van der Waals surface area contributed by atoms with E-state index in [1.807, 2.05) is 0 Å². The monoisotopic (exact) mass is 336 g/mol. The normalized spacial score (nSPS) is 22.4. The van der Waals surface area contributed by atoms with E-state index in [1.54, 1.807) is 0 Å². The Hall–Kier alpha value is -1.31. The number of benzene rings is 1. The number of amides is 1. The Morgan fingerprint density at radius 2 is 2.18 bits per heavy atom. The number of carbonyl (C=O) groups excluding carboxylic acids is 1. The van der Waals surface area contributed by atoms with Gasteiger partial charge in [-0.1, -0.05) is 17.7 Å². The van der Waals surface area contributed by atoms with Gasteiger partial charge in [-0.15, -0.1) is 0 Å². The van der Waals surface area contributed by atoms with Crippen LogP contribution < -0.4 is 10.6 Å². The second-order valence-corrected chi connectivity index (χ2v) is 5.71. The van der Waals surface area contributed by atoms with Crippen LogP contribution in [0.1, 0.15) is 24.0 Å². The highest BCUT2D eigenvalue weighted by Gasteiger charge is 2.37. The van der Waals surface area contributed by atoms with Crippen LogP contribution >= 0.6 is 11.6 Å². The standard InChI is InChI=1S/C14H16ClF3N2O2/c15-11-3-2-9(6-10(11)14(16,17)18)7-20-12(21)13(22)4-1-5-19-8-13/h2-3,6,19,22H,1,4-5,7-8H2,(H,20,21). The highest BCUT2D eigenvalue weighted by molar-refractivity contribution is 6.31. The van der Waals surface area contributed by atoms with E-state index in [9.17, 15) is 23.1 Å². The van der Waals surface area contributed by atoms with E-state index in [0.717, 1.165) is 18.7 Å². The predicted octanol–water partition coefficient (Wildman–Crippen LogP) is 2.09. The number of aliphatic hydroxyl groups is 1. The maximum absolute atomic E-state index is 12.8. The number of β-amino-alcohol motifs (C(OH)–C–C–N with tert-alkyl or cyclic N) is 1. The summed E-state index contributed by atoms with van der Waals surface area (Å²) in [6.07, 6.45) is -3.58. The first kappa shape index (κ1) is 17.1. The van der Waals surface area contributed by atoms with Gasteiger partial charge in [0.1, 0.15) is 0 Å². The summed E-state index contributed by atoms with van der Waals surface area (Å²) in [5.41, 5.74) is -2.20. The molecule has 8 heteroatoms. The molecule has 0 aliphatic carbocycles. The average Bonchev–Trinajstić information content (AvgIpc) is 2.45. The molecule has 1 amide bonds. The number of halogens is 4. The van der Waals surface area contributed by atoms with Crippen molar-refractivity contribution in [1.82, 2.24) is 10.6 Å². The van der Waals surface area contributed by atoms with Crippen LogP contribution in [0.5, 0.6) is 0 Å². The molecule has 1 aromatic rings. The summed E-state index contributed by atoms with van der Waals surface area (Å²) in [5.74, 6) is -0.594. The Morgan fingerprint density at radius 1 is 1.45 bits per heavy atom. The highest BCUT2D eigenvalue weighted by Crippen LogP contribution is 2.35. The highest BCUT2D eigenvalue weighted by atomic mass is 35.5. The van der Waals surface area contributed by atoms with Crippen LogP contribution in [0.25, 0.3) is 0 Å². The number of nitrogens with one attached hydrogen (secondary N) is 2. The number of hydrogen-bond acceptors (Lipinski definition) is 3. The SMILES string of the molecule is O=C(NCc1ccc(Cl)c(C(F)(F)F)c1)C1(O)CCCNC1. The lowest BCUT2D eigenvalue weighted by molar-refractivity contribution is -0.141. The van der Waals surface area contributed by atoms with Crippen LogP contribution in [-0.2, 0) is 17.5 Å². The van der Waals surface area contributed by atoms with Gasteiger partial charge in [0.15, 0.2) is 5.60 Å². The van der Waals surface area contributed by atoms with Gasteiger partial charge in [-0.2, -0.15) is 13.2 Å². The van der Waals surface area contributed by atoms with Crippen LogP contribution in [0.15, 0.2) is 18.2 Å². The fourth-order valence-corrected chi connectivity index (χ4v) is 2.55. The zero-order chi connectivity index (χ0) is 16.4. The summed E-state index contributed by atoms with van der Waals surface area (Å²) in [7, 11) is 0. The van der Waals surface area contributed by atoms with E-state index in [4.69, 9.17) is 11.6 Å². The van der Waals surface area contributed by atoms with Crippen molar-refractivity contribution in [3.05, 3.63) is 34.3 Å². The fraction of sp³-hybridized carbons (Fsp3) is 0.500. The van der Waals surface area contributed by atoms with Crippen molar-refractivity contribution in [3.63, 3.8) is 0 Å². The minimum absolute atomic E-state index is 0.110. The molecule has 3 N–H and O–H groups in total. The zero-order valence-electron chi connectivity index (χ0n) is 11.6. The van der Waals surface area contributed by atoms with Crippen LogP contribution in [0.3, 0.4) is 0 Å². The maximum Gasteiger partial charge on any atom is 0.417 e. The zero-order valence-corrected chi connectivity index (χ0v) is 12.4. The molecule has 1 fully saturated rings. The van der Waals surface area contributed by atoms with Gasteiger partial charge in [-0.05, 0) is 37.1 Å². The summed E-state index contributed by atoms with van der Waals surface area (Å²) in [6, 6.07) is 3.44. The molecule has 0 spiro atoms. The lowest BCUT2D eigenvalue weighted by atomic mass is 9.93. The molecule has 0 saturated carbocycles. The van der Waals surface area contributed by atoms with Gasteiger partial charge in [-0.3, -0.25) is 4.79 Å². The third-order valence-electron chi connectivity index (χ3n) is 3.57. The lowest BCUT2D eigenvalue weighted by Crippen LogP contribution is -2.55. The Balaban J connectivity index is 2.04. The summed E-state index contributed by atoms with van der Waals surface area (Å²) in [5, 5.41) is 15.2. The van der Waals surface area contributed by atoms with Crippen molar-refractivity contribution in [2.24, 2.45) is 0 Å². The second kappa shape index (κ2) is 6.44. The summed E-state index contributed by atoms with van der Waals surface area (Å²) >= 11 is 5.53. The lowest BCUT2D eigenvalue weighted by Gasteiger charge is -2.31. The van der Waals surface area contributed by atoms with Crippen molar-refractivity contribution in [2.75, 3.05) is 13.1 Å². The van der Waals surface area contributed by atoms with Crippen molar-refractivity contribution in [3.8, 4) is 0 Å². The van der Waals surface area contributed by atoms with Crippen LogP contribution in [0.4, 0.5) is 13.2 Å². The van der Waals surface area contributed by atoms with E-state index < -0.39 is 28.3 Å². The van der Waals surface area contributed by atoms with Crippen LogP contribution in [0.2, 0.25) is 5.02 Å². The molecule has 22 heavy (non-hydrogen) atoms. The average molecular weight is 337 g/mol. The smallest absolute Gasteiger partial charge is 0.379 e. The van der Waals surface area contributed by atoms with E-state index in [0.29, 0.717) is 12.8 Å². The van der Waals surface area contributed by atoms with Crippen molar-refractivity contribution in [1.29, 1.82) is 0 Å². The topological polar surface area (TPSA) is 61.4 Å². The third-order valence-corrected chi connectivity index (χ3v) is 3.90. The van der Waals surface area contributed by atoms with E-state index in [2.05, 4.69) is 10.6 Å². The van der Waals surface area contributed by atoms with Gasteiger partial charge in [-0.25, -0.2) is 0 Å².